The van der Waals surface area contributed by atoms with Crippen LogP contribution in [0.3, 0.4) is 0 Å². The van der Waals surface area contributed by atoms with Gasteiger partial charge in [-0.2, -0.15) is 0 Å². The molecule has 1 aromatic heterocycles. The lowest BCUT2D eigenvalue weighted by atomic mass is 10.0. The van der Waals surface area contributed by atoms with Crippen LogP contribution in [0.25, 0.3) is 0 Å². The maximum Gasteiger partial charge on any atom is 0.0940 e. The predicted molar refractivity (Wildman–Crippen MR) is 87.5 cm³/mol. The highest BCUT2D eigenvalue weighted by atomic mass is 32.1. The second-order valence-corrected chi connectivity index (χ2v) is 6.46. The van der Waals surface area contributed by atoms with Crippen molar-refractivity contribution in [2.24, 2.45) is 0 Å². The van der Waals surface area contributed by atoms with Gasteiger partial charge in [0.15, 0.2) is 0 Å². The Kier molecular flexibility index (Phi) is 5.74. The quantitative estimate of drug-likeness (QED) is 0.835. The van der Waals surface area contributed by atoms with Gasteiger partial charge in [-0.25, -0.2) is 4.98 Å². The van der Waals surface area contributed by atoms with Crippen molar-refractivity contribution in [1.29, 1.82) is 0 Å². The Morgan fingerprint density at radius 1 is 1.25 bits per heavy atom. The molecule has 0 saturated heterocycles. The van der Waals surface area contributed by atoms with Crippen LogP contribution in [-0.4, -0.2) is 17.6 Å². The van der Waals surface area contributed by atoms with E-state index in [0.29, 0.717) is 6.04 Å². The van der Waals surface area contributed by atoms with Gasteiger partial charge in [0.2, 0.25) is 0 Å². The zero-order chi connectivity index (χ0) is 14.4. The molecular formula is C17H24N2S. The topological polar surface area (TPSA) is 24.9 Å². The molecule has 0 amide bonds. The van der Waals surface area contributed by atoms with Crippen LogP contribution in [0.5, 0.6) is 0 Å². The third kappa shape index (κ3) is 5.06. The number of hydrogen-bond donors (Lipinski definition) is 1. The van der Waals surface area contributed by atoms with E-state index in [2.05, 4.69) is 60.7 Å². The fraction of sp³-hybridized carbons (Fsp3) is 0.471. The molecule has 1 N–H and O–H groups in total. The zero-order valence-corrected chi connectivity index (χ0v) is 13.5. The highest BCUT2D eigenvalue weighted by Crippen LogP contribution is 2.10. The van der Waals surface area contributed by atoms with Crippen molar-refractivity contribution in [3.8, 4) is 0 Å². The zero-order valence-electron chi connectivity index (χ0n) is 12.6. The first kappa shape index (κ1) is 15.2. The molecule has 1 atom stereocenters. The summed E-state index contributed by atoms with van der Waals surface area (Å²) in [7, 11) is 0. The Morgan fingerprint density at radius 3 is 2.80 bits per heavy atom. The highest BCUT2D eigenvalue weighted by molar-refractivity contribution is 7.09. The molecule has 2 nitrogen and oxygen atoms in total. The van der Waals surface area contributed by atoms with Crippen LogP contribution in [0.4, 0.5) is 0 Å². The molecule has 2 rings (SSSR count). The van der Waals surface area contributed by atoms with Crippen LogP contribution in [0.1, 0.15) is 35.2 Å². The van der Waals surface area contributed by atoms with Crippen molar-refractivity contribution < 1.29 is 0 Å². The minimum Gasteiger partial charge on any atom is -0.314 e. The summed E-state index contributed by atoms with van der Waals surface area (Å²) in [5, 5.41) is 6.95. The third-order valence-corrected chi connectivity index (χ3v) is 4.47. The van der Waals surface area contributed by atoms with Crippen molar-refractivity contribution in [1.82, 2.24) is 10.3 Å². The van der Waals surface area contributed by atoms with Gasteiger partial charge in [-0.05, 0) is 39.2 Å². The Hall–Kier alpha value is -1.19. The Labute approximate surface area is 126 Å². The molecule has 0 aliphatic carbocycles. The summed E-state index contributed by atoms with van der Waals surface area (Å²) in [6.45, 7) is 7.49. The summed E-state index contributed by atoms with van der Waals surface area (Å²) in [5.74, 6) is 0. The smallest absolute Gasteiger partial charge is 0.0940 e. The number of aryl methyl sites for hydroxylation is 3. The summed E-state index contributed by atoms with van der Waals surface area (Å²) in [6.07, 6.45) is 3.36. The van der Waals surface area contributed by atoms with Crippen molar-refractivity contribution in [2.45, 2.75) is 46.1 Å². The number of nitrogens with zero attached hydrogens (tertiary/aromatic N) is 1. The van der Waals surface area contributed by atoms with Crippen LogP contribution >= 0.6 is 11.3 Å². The van der Waals surface area contributed by atoms with Gasteiger partial charge in [0.05, 0.1) is 5.01 Å². The average Bonchev–Trinajstić information content (AvgIpc) is 2.82. The largest absolute Gasteiger partial charge is 0.314 e. The lowest BCUT2D eigenvalue weighted by Crippen LogP contribution is -2.28. The van der Waals surface area contributed by atoms with Gasteiger partial charge in [-0.3, -0.25) is 0 Å². The third-order valence-electron chi connectivity index (χ3n) is 3.45. The molecule has 1 unspecified atom stereocenters. The number of thiazole rings is 1. The van der Waals surface area contributed by atoms with Gasteiger partial charge in [0.1, 0.15) is 0 Å². The molecule has 2 aromatic rings. The van der Waals surface area contributed by atoms with Crippen LogP contribution in [0.2, 0.25) is 0 Å². The molecule has 20 heavy (non-hydrogen) atoms. The maximum atomic E-state index is 4.49. The number of nitrogens with one attached hydrogen (secondary N) is 1. The first-order valence-corrected chi connectivity index (χ1v) is 8.21. The van der Waals surface area contributed by atoms with Gasteiger partial charge >= 0.3 is 0 Å². The first-order chi connectivity index (χ1) is 9.63. The van der Waals surface area contributed by atoms with Gasteiger partial charge in [-0.15, -0.1) is 11.3 Å². The maximum absolute atomic E-state index is 4.49. The normalized spacial score (nSPS) is 12.6. The summed E-state index contributed by atoms with van der Waals surface area (Å²) < 4.78 is 0. The van der Waals surface area contributed by atoms with Crippen LogP contribution in [-0.2, 0) is 12.8 Å². The highest BCUT2D eigenvalue weighted by Gasteiger charge is 2.04. The molecule has 0 aliphatic heterocycles. The van der Waals surface area contributed by atoms with E-state index in [-0.39, 0.29) is 0 Å². The van der Waals surface area contributed by atoms with E-state index in [0.717, 1.165) is 25.1 Å². The van der Waals surface area contributed by atoms with Gasteiger partial charge in [0, 0.05) is 30.1 Å². The van der Waals surface area contributed by atoms with E-state index >= 15 is 0 Å². The fourth-order valence-corrected chi connectivity index (χ4v) is 3.07. The summed E-state index contributed by atoms with van der Waals surface area (Å²) in [5.41, 5.74) is 3.92. The van der Waals surface area contributed by atoms with Crippen molar-refractivity contribution in [2.75, 3.05) is 6.54 Å². The fourth-order valence-electron chi connectivity index (χ4n) is 2.30. The lowest BCUT2D eigenvalue weighted by molar-refractivity contribution is 0.517. The number of hydrogen-bond acceptors (Lipinski definition) is 3. The molecule has 0 saturated carbocycles. The summed E-state index contributed by atoms with van der Waals surface area (Å²) >= 11 is 1.76. The second-order valence-electron chi connectivity index (χ2n) is 5.52. The molecule has 1 heterocycles. The van der Waals surface area contributed by atoms with E-state index in [1.807, 2.05) is 0 Å². The van der Waals surface area contributed by atoms with E-state index < -0.39 is 0 Å². The lowest BCUT2D eigenvalue weighted by Gasteiger charge is -2.13. The number of benzene rings is 1. The van der Waals surface area contributed by atoms with Gasteiger partial charge in [-0.1, -0.05) is 29.8 Å². The van der Waals surface area contributed by atoms with Crippen molar-refractivity contribution in [3.05, 3.63) is 51.5 Å². The second kappa shape index (κ2) is 7.55. The van der Waals surface area contributed by atoms with E-state index in [1.165, 1.54) is 22.6 Å². The molecule has 0 aliphatic rings. The summed E-state index contributed by atoms with van der Waals surface area (Å²) in [4.78, 5) is 4.49. The van der Waals surface area contributed by atoms with Crippen LogP contribution in [0.15, 0.2) is 29.6 Å². The summed E-state index contributed by atoms with van der Waals surface area (Å²) in [6, 6.07) is 9.36. The van der Waals surface area contributed by atoms with Crippen LogP contribution < -0.4 is 5.32 Å². The monoisotopic (exact) mass is 288 g/mol. The minimum atomic E-state index is 0.552. The molecule has 1 aromatic carbocycles. The van der Waals surface area contributed by atoms with E-state index in [9.17, 15) is 0 Å². The Balaban J connectivity index is 1.66. The van der Waals surface area contributed by atoms with Gasteiger partial charge in [0.25, 0.3) is 0 Å². The predicted octanol–water partition coefficient (Wildman–Crippen LogP) is 3.91. The molecule has 108 valence electrons. The van der Waals surface area contributed by atoms with Crippen LogP contribution in [0, 0.1) is 13.8 Å². The van der Waals surface area contributed by atoms with E-state index in [4.69, 9.17) is 0 Å². The Bertz CT molecular complexity index is 533. The first-order valence-electron chi connectivity index (χ1n) is 7.33. The standard InChI is InChI=1S/C17H24N2S/c1-13-5-4-6-16(11-13)8-7-14(2)18-10-9-17-19-15(3)12-20-17/h4-6,11-12,14,18H,7-10H2,1-3H3. The van der Waals surface area contributed by atoms with Crippen molar-refractivity contribution in [3.63, 3.8) is 0 Å². The molecule has 0 spiro atoms. The molecule has 3 heteroatoms. The number of aromatic nitrogens is 1. The molecular weight excluding hydrogens is 264 g/mol. The Morgan fingerprint density at radius 2 is 2.10 bits per heavy atom. The van der Waals surface area contributed by atoms with Gasteiger partial charge < -0.3 is 5.32 Å². The molecule has 0 fully saturated rings. The SMILES string of the molecule is Cc1cccc(CCC(C)NCCc2nc(C)cs2)c1. The minimum absolute atomic E-state index is 0.552. The average molecular weight is 288 g/mol. The van der Waals surface area contributed by atoms with Crippen molar-refractivity contribution >= 4 is 11.3 Å². The molecule has 0 bridgehead atoms. The van der Waals surface area contributed by atoms with E-state index in [1.54, 1.807) is 11.3 Å². The number of rotatable bonds is 7. The molecule has 0 radical (unpaired) electrons.